The Morgan fingerprint density at radius 2 is 2.05 bits per heavy atom. The van der Waals surface area contributed by atoms with Crippen molar-refractivity contribution in [2.24, 2.45) is 12.8 Å². The van der Waals surface area contributed by atoms with Gasteiger partial charge in [0.2, 0.25) is 0 Å². The van der Waals surface area contributed by atoms with Crippen molar-refractivity contribution in [2.45, 2.75) is 12.5 Å². The number of benzene rings is 2. The second kappa shape index (κ2) is 5.79. The first kappa shape index (κ1) is 14.6. The summed E-state index contributed by atoms with van der Waals surface area (Å²) in [5.74, 6) is 0.977. The van der Waals surface area contributed by atoms with Gasteiger partial charge in [0, 0.05) is 29.0 Å². The number of aromatic nitrogens is 2. The monoisotopic (exact) mass is 363 g/mol. The third-order valence-electron chi connectivity index (χ3n) is 3.64. The highest BCUT2D eigenvalue weighted by Crippen LogP contribution is 2.28. The molecule has 0 aliphatic rings. The summed E-state index contributed by atoms with van der Waals surface area (Å²) in [5.41, 5.74) is 9.49. The molecule has 1 aromatic heterocycles. The average Bonchev–Trinajstić information content (AvgIpc) is 2.76. The predicted molar refractivity (Wildman–Crippen MR) is 90.5 cm³/mol. The van der Waals surface area contributed by atoms with E-state index in [0.29, 0.717) is 11.4 Å². The number of halogens is 2. The third-order valence-corrected chi connectivity index (χ3v) is 4.57. The quantitative estimate of drug-likeness (QED) is 0.755. The molecule has 0 saturated heterocycles. The summed E-state index contributed by atoms with van der Waals surface area (Å²) in [6.07, 6.45) is 0.672. The van der Waals surface area contributed by atoms with Crippen molar-refractivity contribution in [3.63, 3.8) is 0 Å². The molecule has 1 atom stereocenters. The van der Waals surface area contributed by atoms with Crippen LogP contribution in [0.2, 0.25) is 5.02 Å². The molecule has 3 rings (SSSR count). The van der Waals surface area contributed by atoms with Gasteiger partial charge in [-0.1, -0.05) is 45.7 Å². The number of rotatable bonds is 3. The van der Waals surface area contributed by atoms with Gasteiger partial charge in [-0.2, -0.15) is 0 Å². The van der Waals surface area contributed by atoms with Crippen LogP contribution in [0.4, 0.5) is 0 Å². The van der Waals surface area contributed by atoms with Gasteiger partial charge in [-0.15, -0.1) is 0 Å². The van der Waals surface area contributed by atoms with Gasteiger partial charge in [0.1, 0.15) is 5.82 Å². The van der Waals surface area contributed by atoms with Gasteiger partial charge in [0.25, 0.3) is 0 Å². The highest BCUT2D eigenvalue weighted by atomic mass is 79.9. The lowest BCUT2D eigenvalue weighted by atomic mass is 10.0. The zero-order valence-electron chi connectivity index (χ0n) is 11.6. The summed E-state index contributed by atoms with van der Waals surface area (Å²) in [6, 6.07) is 13.6. The van der Waals surface area contributed by atoms with Gasteiger partial charge in [0.15, 0.2) is 0 Å². The van der Waals surface area contributed by atoms with E-state index in [0.717, 1.165) is 26.9 Å². The number of hydrogen-bond acceptors (Lipinski definition) is 2. The normalized spacial score (nSPS) is 12.8. The molecule has 21 heavy (non-hydrogen) atoms. The average molecular weight is 365 g/mol. The number of para-hydroxylation sites is 2. The van der Waals surface area contributed by atoms with Gasteiger partial charge in [-0.25, -0.2) is 4.98 Å². The number of nitrogens with two attached hydrogens (primary N) is 1. The molecule has 0 fully saturated rings. The highest BCUT2D eigenvalue weighted by Gasteiger charge is 2.15. The fraction of sp³-hybridized carbons (Fsp3) is 0.188. The molecule has 0 bridgehead atoms. The lowest BCUT2D eigenvalue weighted by molar-refractivity contribution is 0.663. The van der Waals surface area contributed by atoms with Crippen molar-refractivity contribution in [1.82, 2.24) is 9.55 Å². The Hall–Kier alpha value is -1.36. The SMILES string of the molecule is Cn1c(CC(N)c2ccc(Cl)cc2Br)nc2ccccc21. The lowest BCUT2D eigenvalue weighted by Gasteiger charge is -2.14. The molecule has 3 nitrogen and oxygen atoms in total. The van der Waals surface area contributed by atoms with E-state index < -0.39 is 0 Å². The Kier molecular flexibility index (Phi) is 4.02. The number of nitrogens with zero attached hydrogens (tertiary/aromatic N) is 2. The Labute approximate surface area is 136 Å². The maximum Gasteiger partial charge on any atom is 0.111 e. The van der Waals surface area contributed by atoms with Gasteiger partial charge in [-0.3, -0.25) is 0 Å². The van der Waals surface area contributed by atoms with E-state index in [1.165, 1.54) is 0 Å². The molecule has 1 heterocycles. The maximum absolute atomic E-state index is 6.34. The van der Waals surface area contributed by atoms with Gasteiger partial charge in [0.05, 0.1) is 11.0 Å². The molecule has 0 amide bonds. The van der Waals surface area contributed by atoms with Crippen LogP contribution in [0.1, 0.15) is 17.4 Å². The Morgan fingerprint density at radius 1 is 1.29 bits per heavy atom. The fourth-order valence-corrected chi connectivity index (χ4v) is 3.46. The minimum atomic E-state index is -0.132. The topological polar surface area (TPSA) is 43.8 Å². The van der Waals surface area contributed by atoms with Crippen LogP contribution >= 0.6 is 27.5 Å². The van der Waals surface area contributed by atoms with Crippen molar-refractivity contribution in [2.75, 3.05) is 0 Å². The number of imidazole rings is 1. The first-order valence-corrected chi connectivity index (χ1v) is 7.84. The molecule has 1 unspecified atom stereocenters. The van der Waals surface area contributed by atoms with E-state index >= 15 is 0 Å². The van der Waals surface area contributed by atoms with Gasteiger partial charge >= 0.3 is 0 Å². The Balaban J connectivity index is 1.92. The third kappa shape index (κ3) is 2.84. The molecule has 0 aliphatic heterocycles. The largest absolute Gasteiger partial charge is 0.331 e. The van der Waals surface area contributed by atoms with Crippen LogP contribution in [0.15, 0.2) is 46.9 Å². The highest BCUT2D eigenvalue weighted by molar-refractivity contribution is 9.10. The van der Waals surface area contributed by atoms with Crippen molar-refractivity contribution in [3.8, 4) is 0 Å². The minimum Gasteiger partial charge on any atom is -0.331 e. The van der Waals surface area contributed by atoms with Crippen LogP contribution in [0, 0.1) is 0 Å². The van der Waals surface area contributed by atoms with Crippen LogP contribution in [-0.2, 0) is 13.5 Å². The van der Waals surface area contributed by atoms with Crippen LogP contribution in [0.25, 0.3) is 11.0 Å². The second-order valence-corrected chi connectivity index (χ2v) is 6.34. The fourth-order valence-electron chi connectivity index (χ4n) is 2.49. The first-order valence-electron chi connectivity index (χ1n) is 6.67. The van der Waals surface area contributed by atoms with Gasteiger partial charge in [-0.05, 0) is 29.8 Å². The van der Waals surface area contributed by atoms with E-state index in [1.807, 2.05) is 43.4 Å². The molecule has 3 aromatic rings. The molecule has 2 N–H and O–H groups in total. The van der Waals surface area contributed by atoms with Crippen LogP contribution < -0.4 is 5.73 Å². The van der Waals surface area contributed by atoms with Crippen molar-refractivity contribution < 1.29 is 0 Å². The number of hydrogen-bond donors (Lipinski definition) is 1. The smallest absolute Gasteiger partial charge is 0.111 e. The van der Waals surface area contributed by atoms with Crippen LogP contribution in [0.3, 0.4) is 0 Å². The lowest BCUT2D eigenvalue weighted by Crippen LogP contribution is -2.16. The summed E-state index contributed by atoms with van der Waals surface area (Å²) in [6.45, 7) is 0. The van der Waals surface area contributed by atoms with Crippen LogP contribution in [0.5, 0.6) is 0 Å². The summed E-state index contributed by atoms with van der Waals surface area (Å²) >= 11 is 9.50. The summed E-state index contributed by atoms with van der Waals surface area (Å²) < 4.78 is 3.03. The van der Waals surface area contributed by atoms with E-state index in [-0.39, 0.29) is 6.04 Å². The van der Waals surface area contributed by atoms with E-state index in [9.17, 15) is 0 Å². The molecular weight excluding hydrogens is 350 g/mol. The molecule has 0 aliphatic carbocycles. The molecule has 2 aromatic carbocycles. The summed E-state index contributed by atoms with van der Waals surface area (Å²) in [5, 5.41) is 0.695. The molecule has 5 heteroatoms. The Bertz CT molecular complexity index is 797. The van der Waals surface area contributed by atoms with Crippen molar-refractivity contribution >= 4 is 38.6 Å². The summed E-state index contributed by atoms with van der Waals surface area (Å²) in [7, 11) is 2.02. The molecule has 0 radical (unpaired) electrons. The molecule has 0 spiro atoms. The minimum absolute atomic E-state index is 0.132. The number of aryl methyl sites for hydroxylation is 1. The molecule has 108 valence electrons. The summed E-state index contributed by atoms with van der Waals surface area (Å²) in [4.78, 5) is 4.67. The van der Waals surface area contributed by atoms with Crippen molar-refractivity contribution in [3.05, 3.63) is 63.3 Å². The van der Waals surface area contributed by atoms with E-state index in [4.69, 9.17) is 17.3 Å². The zero-order chi connectivity index (χ0) is 15.0. The zero-order valence-corrected chi connectivity index (χ0v) is 13.9. The molecule has 0 saturated carbocycles. The maximum atomic E-state index is 6.34. The number of fused-ring (bicyclic) bond motifs is 1. The molecular formula is C16H15BrClN3. The predicted octanol–water partition coefficient (Wildman–Crippen LogP) is 4.23. The van der Waals surface area contributed by atoms with Crippen LogP contribution in [-0.4, -0.2) is 9.55 Å². The first-order chi connectivity index (χ1) is 10.1. The standard InChI is InChI=1S/C16H15BrClN3/c1-21-15-5-3-2-4-14(15)20-16(21)9-13(19)11-7-6-10(18)8-12(11)17/h2-8,13H,9,19H2,1H3. The Morgan fingerprint density at radius 3 is 2.76 bits per heavy atom. The van der Waals surface area contributed by atoms with Crippen molar-refractivity contribution in [1.29, 1.82) is 0 Å². The van der Waals surface area contributed by atoms with Gasteiger partial charge < -0.3 is 10.3 Å². The van der Waals surface area contributed by atoms with E-state index in [2.05, 4.69) is 31.5 Å². The van der Waals surface area contributed by atoms with E-state index in [1.54, 1.807) is 0 Å². The second-order valence-electron chi connectivity index (χ2n) is 5.05.